The lowest BCUT2D eigenvalue weighted by Gasteiger charge is -2.22. The Balaban J connectivity index is 4.12. The molecule has 0 aliphatic carbocycles. The highest BCUT2D eigenvalue weighted by molar-refractivity contribution is 5.82. The smallest absolute Gasteiger partial charge is 0.305 e. The summed E-state index contributed by atoms with van der Waals surface area (Å²) in [6, 6.07) is -0.510. The minimum Gasteiger partial charge on any atom is -0.481 e. The second-order valence-electron chi connectivity index (χ2n) is 3.08. The highest BCUT2D eigenvalue weighted by Crippen LogP contribution is 1.98. The van der Waals surface area contributed by atoms with Crippen molar-refractivity contribution in [1.29, 1.82) is 0 Å². The van der Waals surface area contributed by atoms with Crippen molar-refractivity contribution >= 4 is 11.9 Å². The Hall–Kier alpha value is -1.10. The van der Waals surface area contributed by atoms with Crippen LogP contribution in [-0.2, 0) is 9.59 Å². The highest BCUT2D eigenvalue weighted by Gasteiger charge is 2.18. The van der Waals surface area contributed by atoms with Crippen molar-refractivity contribution in [1.82, 2.24) is 4.90 Å². The Kier molecular flexibility index (Phi) is 5.87. The Morgan fingerprint density at radius 1 is 1.43 bits per heavy atom. The van der Waals surface area contributed by atoms with Gasteiger partial charge < -0.3 is 15.7 Å². The number of carbonyl (C=O) groups is 2. The number of aliphatic carboxylic acids is 1. The standard InChI is InChI=1S/C9H18N2O3/c1-3-7(10)9(14)11(4-2)6-5-8(12)13/h7H,3-6,10H2,1-2H3,(H,12,13)/t7-/m1/s1. The zero-order chi connectivity index (χ0) is 11.1. The van der Waals surface area contributed by atoms with Crippen LogP contribution in [0, 0.1) is 0 Å². The van der Waals surface area contributed by atoms with Crippen molar-refractivity contribution in [3.05, 3.63) is 0 Å². The Morgan fingerprint density at radius 3 is 2.36 bits per heavy atom. The number of nitrogens with two attached hydrogens (primary N) is 1. The van der Waals surface area contributed by atoms with Gasteiger partial charge in [0.1, 0.15) is 0 Å². The predicted octanol–water partition coefficient (Wildman–Crippen LogP) is 0.0469. The van der Waals surface area contributed by atoms with Crippen LogP contribution in [-0.4, -0.2) is 41.0 Å². The van der Waals surface area contributed by atoms with E-state index in [1.807, 2.05) is 13.8 Å². The zero-order valence-corrected chi connectivity index (χ0v) is 8.69. The fourth-order valence-corrected chi connectivity index (χ4v) is 1.06. The van der Waals surface area contributed by atoms with Crippen LogP contribution in [0.2, 0.25) is 0 Å². The maximum Gasteiger partial charge on any atom is 0.305 e. The number of carbonyl (C=O) groups excluding carboxylic acids is 1. The average Bonchev–Trinajstić information content (AvgIpc) is 2.16. The molecule has 0 aromatic rings. The molecular weight excluding hydrogens is 184 g/mol. The van der Waals surface area contributed by atoms with Crippen LogP contribution in [0.5, 0.6) is 0 Å². The summed E-state index contributed by atoms with van der Waals surface area (Å²) in [6.45, 7) is 4.37. The number of hydrogen-bond donors (Lipinski definition) is 2. The van der Waals surface area contributed by atoms with Gasteiger partial charge in [-0.15, -0.1) is 0 Å². The lowest BCUT2D eigenvalue weighted by atomic mass is 10.2. The number of likely N-dealkylation sites (N-methyl/N-ethyl adjacent to an activating group) is 1. The van der Waals surface area contributed by atoms with E-state index in [1.54, 1.807) is 0 Å². The molecule has 0 unspecified atom stereocenters. The maximum atomic E-state index is 11.5. The van der Waals surface area contributed by atoms with E-state index in [-0.39, 0.29) is 18.9 Å². The first-order valence-corrected chi connectivity index (χ1v) is 4.79. The van der Waals surface area contributed by atoms with Gasteiger partial charge in [-0.25, -0.2) is 0 Å². The van der Waals surface area contributed by atoms with Crippen molar-refractivity contribution in [3.63, 3.8) is 0 Å². The van der Waals surface area contributed by atoms with Gasteiger partial charge in [0.2, 0.25) is 5.91 Å². The van der Waals surface area contributed by atoms with E-state index in [2.05, 4.69) is 0 Å². The van der Waals surface area contributed by atoms with Gasteiger partial charge in [0.05, 0.1) is 12.5 Å². The summed E-state index contributed by atoms with van der Waals surface area (Å²) in [7, 11) is 0. The number of nitrogens with zero attached hydrogens (tertiary/aromatic N) is 1. The van der Waals surface area contributed by atoms with E-state index in [0.29, 0.717) is 13.0 Å². The van der Waals surface area contributed by atoms with Crippen molar-refractivity contribution in [2.75, 3.05) is 13.1 Å². The molecule has 0 aliphatic rings. The summed E-state index contributed by atoms with van der Waals surface area (Å²) < 4.78 is 0. The van der Waals surface area contributed by atoms with Gasteiger partial charge >= 0.3 is 5.97 Å². The molecule has 0 heterocycles. The molecule has 0 radical (unpaired) electrons. The minimum absolute atomic E-state index is 0.0317. The summed E-state index contributed by atoms with van der Waals surface area (Å²) in [4.78, 5) is 23.3. The molecular formula is C9H18N2O3. The van der Waals surface area contributed by atoms with Gasteiger partial charge in [-0.05, 0) is 13.3 Å². The molecule has 0 aromatic heterocycles. The van der Waals surface area contributed by atoms with Crippen LogP contribution in [0.4, 0.5) is 0 Å². The van der Waals surface area contributed by atoms with Gasteiger partial charge in [-0.2, -0.15) is 0 Å². The first kappa shape index (κ1) is 12.9. The molecule has 0 aromatic carbocycles. The Bertz CT molecular complexity index is 206. The number of rotatable bonds is 6. The second-order valence-corrected chi connectivity index (χ2v) is 3.08. The van der Waals surface area contributed by atoms with Crippen LogP contribution in [0.25, 0.3) is 0 Å². The first-order valence-electron chi connectivity index (χ1n) is 4.79. The van der Waals surface area contributed by atoms with Crippen LogP contribution in [0.15, 0.2) is 0 Å². The molecule has 0 bridgehead atoms. The molecule has 0 saturated heterocycles. The van der Waals surface area contributed by atoms with E-state index in [1.165, 1.54) is 4.90 Å². The highest BCUT2D eigenvalue weighted by atomic mass is 16.4. The molecule has 1 atom stereocenters. The molecule has 0 saturated carbocycles. The van der Waals surface area contributed by atoms with Crippen molar-refractivity contribution in [2.45, 2.75) is 32.7 Å². The lowest BCUT2D eigenvalue weighted by molar-refractivity contribution is -0.138. The van der Waals surface area contributed by atoms with E-state index >= 15 is 0 Å². The topological polar surface area (TPSA) is 83.6 Å². The average molecular weight is 202 g/mol. The normalized spacial score (nSPS) is 12.2. The summed E-state index contributed by atoms with van der Waals surface area (Å²) in [5.41, 5.74) is 5.56. The Morgan fingerprint density at radius 2 is 2.00 bits per heavy atom. The Labute approximate surface area is 83.9 Å². The zero-order valence-electron chi connectivity index (χ0n) is 8.69. The number of amides is 1. The molecule has 14 heavy (non-hydrogen) atoms. The third kappa shape index (κ3) is 4.23. The summed E-state index contributed by atoms with van der Waals surface area (Å²) in [5, 5.41) is 8.47. The maximum absolute atomic E-state index is 11.5. The molecule has 82 valence electrons. The largest absolute Gasteiger partial charge is 0.481 e. The summed E-state index contributed by atoms with van der Waals surface area (Å²) in [6.07, 6.45) is 0.540. The number of hydrogen-bond acceptors (Lipinski definition) is 3. The molecule has 5 heteroatoms. The fourth-order valence-electron chi connectivity index (χ4n) is 1.06. The first-order chi connectivity index (χ1) is 6.52. The van der Waals surface area contributed by atoms with E-state index in [9.17, 15) is 9.59 Å². The van der Waals surface area contributed by atoms with Gasteiger partial charge in [0.25, 0.3) is 0 Å². The third-order valence-electron chi connectivity index (χ3n) is 2.05. The molecule has 5 nitrogen and oxygen atoms in total. The number of carboxylic acid groups (broad SMARTS) is 1. The summed E-state index contributed by atoms with van der Waals surface area (Å²) in [5.74, 6) is -1.07. The van der Waals surface area contributed by atoms with Crippen molar-refractivity contribution in [3.8, 4) is 0 Å². The third-order valence-corrected chi connectivity index (χ3v) is 2.05. The van der Waals surface area contributed by atoms with Crippen LogP contribution < -0.4 is 5.73 Å². The van der Waals surface area contributed by atoms with Crippen LogP contribution in [0.3, 0.4) is 0 Å². The second kappa shape index (κ2) is 6.37. The van der Waals surface area contributed by atoms with Crippen molar-refractivity contribution in [2.24, 2.45) is 5.73 Å². The number of carboxylic acids is 1. The summed E-state index contributed by atoms with van der Waals surface area (Å²) >= 11 is 0. The van der Waals surface area contributed by atoms with Gasteiger partial charge in [-0.1, -0.05) is 6.92 Å². The predicted molar refractivity (Wildman–Crippen MR) is 52.8 cm³/mol. The lowest BCUT2D eigenvalue weighted by Crippen LogP contribution is -2.44. The molecule has 3 N–H and O–H groups in total. The van der Waals surface area contributed by atoms with Gasteiger partial charge in [0.15, 0.2) is 0 Å². The fraction of sp³-hybridized carbons (Fsp3) is 0.778. The van der Waals surface area contributed by atoms with Crippen LogP contribution >= 0.6 is 0 Å². The van der Waals surface area contributed by atoms with Crippen molar-refractivity contribution < 1.29 is 14.7 Å². The monoisotopic (exact) mass is 202 g/mol. The van der Waals surface area contributed by atoms with Gasteiger partial charge in [-0.3, -0.25) is 9.59 Å². The molecule has 0 fully saturated rings. The quantitative estimate of drug-likeness (QED) is 0.637. The SMILES string of the molecule is CC[C@@H](N)C(=O)N(CC)CCC(=O)O. The molecule has 0 aliphatic heterocycles. The van der Waals surface area contributed by atoms with Gasteiger partial charge in [0, 0.05) is 13.1 Å². The molecule has 1 amide bonds. The van der Waals surface area contributed by atoms with E-state index in [0.717, 1.165) is 0 Å². The van der Waals surface area contributed by atoms with E-state index < -0.39 is 12.0 Å². The minimum atomic E-state index is -0.902. The van der Waals surface area contributed by atoms with Crippen LogP contribution in [0.1, 0.15) is 26.7 Å². The van der Waals surface area contributed by atoms with E-state index in [4.69, 9.17) is 10.8 Å². The molecule has 0 rings (SSSR count). The molecule has 0 spiro atoms.